The van der Waals surface area contributed by atoms with E-state index in [1.54, 1.807) is 49.4 Å². The van der Waals surface area contributed by atoms with Crippen LogP contribution in [-0.4, -0.2) is 35.9 Å². The van der Waals surface area contributed by atoms with Crippen molar-refractivity contribution in [2.24, 2.45) is 0 Å². The second kappa shape index (κ2) is 5.82. The number of benzene rings is 1. The van der Waals surface area contributed by atoms with Crippen molar-refractivity contribution in [3.8, 4) is 27.8 Å². The third-order valence-corrected chi connectivity index (χ3v) is 5.12. The molecule has 8 heteroatoms. The molecule has 0 aliphatic rings. The molecule has 0 fully saturated rings. The lowest BCUT2D eigenvalue weighted by Crippen LogP contribution is -1.98. The number of fused-ring (bicyclic) bond motifs is 2. The van der Waals surface area contributed by atoms with Crippen molar-refractivity contribution in [1.82, 2.24) is 14.6 Å². The second-order valence-electron chi connectivity index (χ2n) is 5.35. The van der Waals surface area contributed by atoms with Crippen molar-refractivity contribution >= 4 is 32.9 Å². The van der Waals surface area contributed by atoms with Gasteiger partial charge in [0.1, 0.15) is 11.5 Å². The number of hydrogen-bond acceptors (Lipinski definition) is 7. The standard InChI is InChI=1S/C17H16N4O3S/c1-22-11-6-9-7-12(25-17(9)16(24-3)15(11)23-2)10-8-19-14-5-4-13(18)20-21(10)14/h4-8H,1-3H3,(H2,18,20). The summed E-state index contributed by atoms with van der Waals surface area (Å²) in [6.07, 6.45) is 1.79. The van der Waals surface area contributed by atoms with Gasteiger partial charge in [-0.25, -0.2) is 9.50 Å². The fourth-order valence-electron chi connectivity index (χ4n) is 2.82. The summed E-state index contributed by atoms with van der Waals surface area (Å²) in [5.41, 5.74) is 7.42. The van der Waals surface area contributed by atoms with Gasteiger partial charge in [0.25, 0.3) is 0 Å². The molecule has 1 aromatic carbocycles. The number of thiophene rings is 1. The highest BCUT2D eigenvalue weighted by atomic mass is 32.1. The lowest BCUT2D eigenvalue weighted by atomic mass is 10.2. The maximum Gasteiger partial charge on any atom is 0.204 e. The van der Waals surface area contributed by atoms with E-state index in [0.29, 0.717) is 23.1 Å². The first-order valence-electron chi connectivity index (χ1n) is 7.49. The van der Waals surface area contributed by atoms with Gasteiger partial charge in [0, 0.05) is 5.39 Å². The van der Waals surface area contributed by atoms with Crippen molar-refractivity contribution in [1.29, 1.82) is 0 Å². The Morgan fingerprint density at radius 2 is 1.84 bits per heavy atom. The minimum atomic E-state index is 0.439. The van der Waals surface area contributed by atoms with Gasteiger partial charge in [0.05, 0.1) is 37.1 Å². The van der Waals surface area contributed by atoms with E-state index in [0.717, 1.165) is 26.3 Å². The van der Waals surface area contributed by atoms with Gasteiger partial charge >= 0.3 is 0 Å². The molecular formula is C17H16N4O3S. The maximum atomic E-state index is 5.82. The zero-order chi connectivity index (χ0) is 17.6. The topological polar surface area (TPSA) is 83.9 Å². The Morgan fingerprint density at radius 1 is 1.04 bits per heavy atom. The number of anilines is 1. The summed E-state index contributed by atoms with van der Waals surface area (Å²) in [7, 11) is 4.82. The summed E-state index contributed by atoms with van der Waals surface area (Å²) >= 11 is 1.57. The van der Waals surface area contributed by atoms with E-state index in [-0.39, 0.29) is 0 Å². The van der Waals surface area contributed by atoms with E-state index in [9.17, 15) is 0 Å². The van der Waals surface area contributed by atoms with Crippen molar-refractivity contribution in [2.75, 3.05) is 27.1 Å². The smallest absolute Gasteiger partial charge is 0.204 e. The molecular weight excluding hydrogens is 340 g/mol. The van der Waals surface area contributed by atoms with E-state index in [2.05, 4.69) is 16.1 Å². The Balaban J connectivity index is 1.98. The molecule has 0 atom stereocenters. The molecule has 0 amide bonds. The van der Waals surface area contributed by atoms with Crippen LogP contribution in [0.2, 0.25) is 0 Å². The van der Waals surface area contributed by atoms with E-state index in [1.807, 2.05) is 12.1 Å². The van der Waals surface area contributed by atoms with Crippen molar-refractivity contribution in [3.63, 3.8) is 0 Å². The summed E-state index contributed by atoms with van der Waals surface area (Å²) in [4.78, 5) is 5.38. The molecule has 0 aliphatic heterocycles. The molecule has 2 N–H and O–H groups in total. The number of aromatic nitrogens is 3. The van der Waals surface area contributed by atoms with Gasteiger partial charge < -0.3 is 19.9 Å². The molecule has 7 nitrogen and oxygen atoms in total. The molecule has 4 aromatic rings. The molecule has 0 spiro atoms. The maximum absolute atomic E-state index is 5.82. The van der Waals surface area contributed by atoms with E-state index < -0.39 is 0 Å². The first kappa shape index (κ1) is 15.5. The number of nitrogen functional groups attached to an aromatic ring is 1. The Bertz CT molecular complexity index is 1090. The van der Waals surface area contributed by atoms with Crippen LogP contribution in [-0.2, 0) is 0 Å². The van der Waals surface area contributed by atoms with Gasteiger partial charge in [-0.2, -0.15) is 0 Å². The third-order valence-electron chi connectivity index (χ3n) is 3.95. The van der Waals surface area contributed by atoms with Crippen molar-refractivity contribution < 1.29 is 14.2 Å². The van der Waals surface area contributed by atoms with Crippen LogP contribution in [0.4, 0.5) is 5.82 Å². The van der Waals surface area contributed by atoms with Crippen LogP contribution in [0.15, 0.2) is 30.5 Å². The molecule has 0 saturated heterocycles. The van der Waals surface area contributed by atoms with E-state index in [4.69, 9.17) is 19.9 Å². The summed E-state index contributed by atoms with van der Waals surface area (Å²) < 4.78 is 19.2. The predicted octanol–water partition coefficient (Wildman–Crippen LogP) is 3.22. The Labute approximate surface area is 147 Å². The van der Waals surface area contributed by atoms with Gasteiger partial charge in [-0.1, -0.05) is 0 Å². The van der Waals surface area contributed by atoms with Crippen LogP contribution in [0.25, 0.3) is 26.3 Å². The highest BCUT2D eigenvalue weighted by Crippen LogP contribution is 2.48. The highest BCUT2D eigenvalue weighted by Gasteiger charge is 2.20. The molecule has 3 aromatic heterocycles. The van der Waals surface area contributed by atoms with Gasteiger partial charge in [-0.15, -0.1) is 16.4 Å². The van der Waals surface area contributed by atoms with Crippen molar-refractivity contribution in [3.05, 3.63) is 30.5 Å². The van der Waals surface area contributed by atoms with Gasteiger partial charge in [0.15, 0.2) is 17.1 Å². The molecule has 0 radical (unpaired) electrons. The third kappa shape index (κ3) is 2.33. The minimum Gasteiger partial charge on any atom is -0.493 e. The largest absolute Gasteiger partial charge is 0.493 e. The fraction of sp³-hybridized carbons (Fsp3) is 0.176. The van der Waals surface area contributed by atoms with Crippen LogP contribution in [0, 0.1) is 0 Å². The van der Waals surface area contributed by atoms with Crippen LogP contribution in [0.3, 0.4) is 0 Å². The number of nitrogens with two attached hydrogens (primary N) is 1. The zero-order valence-electron chi connectivity index (χ0n) is 13.9. The fourth-order valence-corrected chi connectivity index (χ4v) is 3.98. The molecule has 128 valence electrons. The molecule has 0 aliphatic carbocycles. The minimum absolute atomic E-state index is 0.439. The average molecular weight is 356 g/mol. The summed E-state index contributed by atoms with van der Waals surface area (Å²) in [6.45, 7) is 0. The van der Waals surface area contributed by atoms with Crippen molar-refractivity contribution in [2.45, 2.75) is 0 Å². The molecule has 4 rings (SSSR count). The predicted molar refractivity (Wildman–Crippen MR) is 97.9 cm³/mol. The van der Waals surface area contributed by atoms with Crippen LogP contribution < -0.4 is 19.9 Å². The molecule has 0 unspecified atom stereocenters. The first-order valence-corrected chi connectivity index (χ1v) is 8.31. The first-order chi connectivity index (χ1) is 12.2. The lowest BCUT2D eigenvalue weighted by Gasteiger charge is -2.12. The molecule has 0 saturated carbocycles. The Hall–Kier alpha value is -3.00. The highest BCUT2D eigenvalue weighted by molar-refractivity contribution is 7.22. The molecule has 0 bridgehead atoms. The van der Waals surface area contributed by atoms with Gasteiger partial charge in [-0.05, 0) is 24.3 Å². The average Bonchev–Trinajstić information content (AvgIpc) is 3.22. The normalized spacial score (nSPS) is 11.2. The molecule has 3 heterocycles. The Morgan fingerprint density at radius 3 is 2.56 bits per heavy atom. The number of methoxy groups -OCH3 is 3. The van der Waals surface area contributed by atoms with E-state index >= 15 is 0 Å². The van der Waals surface area contributed by atoms with Crippen LogP contribution >= 0.6 is 11.3 Å². The Kier molecular flexibility index (Phi) is 3.61. The lowest BCUT2D eigenvalue weighted by molar-refractivity contribution is 0.327. The number of ether oxygens (including phenoxy) is 3. The number of imidazole rings is 1. The summed E-state index contributed by atoms with van der Waals surface area (Å²) in [6, 6.07) is 7.56. The van der Waals surface area contributed by atoms with E-state index in [1.165, 1.54) is 0 Å². The monoisotopic (exact) mass is 356 g/mol. The second-order valence-corrected chi connectivity index (χ2v) is 6.40. The van der Waals surface area contributed by atoms with Gasteiger partial charge in [-0.3, -0.25) is 0 Å². The van der Waals surface area contributed by atoms with Crippen LogP contribution in [0.1, 0.15) is 0 Å². The van der Waals surface area contributed by atoms with Gasteiger partial charge in [0.2, 0.25) is 5.75 Å². The quantitative estimate of drug-likeness (QED) is 0.604. The SMILES string of the molecule is COc1cc2cc(-c3cnc4ccc(N)nn34)sc2c(OC)c1OC. The number of rotatable bonds is 4. The summed E-state index contributed by atoms with van der Waals surface area (Å²) in [5, 5.41) is 5.34. The number of nitrogens with zero attached hydrogens (tertiary/aromatic N) is 3. The van der Waals surface area contributed by atoms with Crippen LogP contribution in [0.5, 0.6) is 17.2 Å². The summed E-state index contributed by atoms with van der Waals surface area (Å²) in [5.74, 6) is 2.28. The molecule has 25 heavy (non-hydrogen) atoms. The number of hydrogen-bond donors (Lipinski definition) is 1. The zero-order valence-corrected chi connectivity index (χ0v) is 14.8.